The van der Waals surface area contributed by atoms with Crippen molar-refractivity contribution in [1.29, 1.82) is 0 Å². The number of rotatable bonds is 6. The predicted octanol–water partition coefficient (Wildman–Crippen LogP) is 4.49. The molecule has 1 fully saturated rings. The molecule has 2 heterocycles. The fourth-order valence-corrected chi connectivity index (χ4v) is 4.31. The molecule has 1 N–H and O–H groups in total. The molecular weight excluding hydrogens is 411 g/mol. The number of alkyl halides is 3. The monoisotopic (exact) mass is 435 g/mol. The molecule has 0 aromatic heterocycles. The van der Waals surface area contributed by atoms with Crippen LogP contribution >= 0.6 is 0 Å². The van der Waals surface area contributed by atoms with Gasteiger partial charge in [-0.2, -0.15) is 13.2 Å². The van der Waals surface area contributed by atoms with Crippen LogP contribution in [0.5, 0.6) is 11.5 Å². The number of carbonyl (C=O) groups is 1. The van der Waals surface area contributed by atoms with E-state index >= 15 is 0 Å². The summed E-state index contributed by atoms with van der Waals surface area (Å²) >= 11 is 0. The topological polar surface area (TPSA) is 59.0 Å². The van der Waals surface area contributed by atoms with Gasteiger partial charge in [-0.05, 0) is 61.8 Å². The average molecular weight is 435 g/mol. The normalized spacial score (nSPS) is 17.9. The minimum Gasteiger partial charge on any atom is -0.492 e. The Morgan fingerprint density at radius 2 is 1.94 bits per heavy atom. The van der Waals surface area contributed by atoms with E-state index in [-0.39, 0.29) is 18.4 Å². The molecule has 0 amide bonds. The fourth-order valence-electron chi connectivity index (χ4n) is 4.31. The Kier molecular flexibility index (Phi) is 5.83. The van der Waals surface area contributed by atoms with E-state index in [1.807, 2.05) is 12.1 Å². The highest BCUT2D eigenvalue weighted by Crippen LogP contribution is 2.46. The summed E-state index contributed by atoms with van der Waals surface area (Å²) in [4.78, 5) is 13.0. The molecule has 1 saturated heterocycles. The molecule has 8 heteroatoms. The smallest absolute Gasteiger partial charge is 0.416 e. The van der Waals surface area contributed by atoms with E-state index in [1.54, 1.807) is 12.1 Å². The van der Waals surface area contributed by atoms with Crippen LogP contribution in [0.2, 0.25) is 0 Å². The van der Waals surface area contributed by atoms with Crippen LogP contribution < -0.4 is 9.47 Å². The number of likely N-dealkylation sites (tertiary alicyclic amines) is 1. The van der Waals surface area contributed by atoms with E-state index in [0.29, 0.717) is 24.5 Å². The summed E-state index contributed by atoms with van der Waals surface area (Å²) in [7, 11) is 0. The highest BCUT2D eigenvalue weighted by Gasteiger charge is 2.43. The van der Waals surface area contributed by atoms with Gasteiger partial charge in [0.15, 0.2) is 0 Å². The standard InChI is InChI=1S/C23H24F3NO4/c24-23(25,26)17-3-1-2-16(12-17)14-30-18-4-5-20-19(13-18)22(15-31-20)7-10-27(11-8-22)9-6-21(28)29/h1-5,12-13H,6-11,14-15H2,(H,28,29). The molecule has 2 aromatic rings. The van der Waals surface area contributed by atoms with Gasteiger partial charge in [-0.3, -0.25) is 4.79 Å². The van der Waals surface area contributed by atoms with Gasteiger partial charge in [0.25, 0.3) is 0 Å². The molecule has 0 radical (unpaired) electrons. The lowest BCUT2D eigenvalue weighted by molar-refractivity contribution is -0.138. The third-order valence-corrected chi connectivity index (χ3v) is 6.14. The number of ether oxygens (including phenoxy) is 2. The second-order valence-electron chi connectivity index (χ2n) is 8.20. The zero-order valence-corrected chi connectivity index (χ0v) is 17.0. The van der Waals surface area contributed by atoms with Crippen LogP contribution in [-0.4, -0.2) is 42.2 Å². The van der Waals surface area contributed by atoms with Crippen LogP contribution in [0, 0.1) is 0 Å². The maximum atomic E-state index is 12.9. The zero-order valence-electron chi connectivity index (χ0n) is 17.0. The molecule has 2 aromatic carbocycles. The van der Waals surface area contributed by atoms with Crippen molar-refractivity contribution >= 4 is 5.97 Å². The lowest BCUT2D eigenvalue weighted by Gasteiger charge is -2.38. The van der Waals surface area contributed by atoms with Crippen molar-refractivity contribution in [2.75, 3.05) is 26.2 Å². The summed E-state index contributed by atoms with van der Waals surface area (Å²) < 4.78 is 50.4. The summed E-state index contributed by atoms with van der Waals surface area (Å²) in [5, 5.41) is 8.88. The minimum absolute atomic E-state index is 0.0412. The molecule has 0 aliphatic carbocycles. The average Bonchev–Trinajstić information content (AvgIpc) is 3.09. The van der Waals surface area contributed by atoms with Gasteiger partial charge < -0.3 is 19.5 Å². The van der Waals surface area contributed by atoms with Crippen LogP contribution in [0.25, 0.3) is 0 Å². The first kappa shape index (κ1) is 21.5. The molecule has 166 valence electrons. The van der Waals surface area contributed by atoms with E-state index < -0.39 is 17.7 Å². The Hall–Kier alpha value is -2.74. The van der Waals surface area contributed by atoms with Crippen molar-refractivity contribution in [3.63, 3.8) is 0 Å². The lowest BCUT2D eigenvalue weighted by atomic mass is 9.74. The number of hydrogen-bond acceptors (Lipinski definition) is 4. The zero-order chi connectivity index (χ0) is 22.1. The van der Waals surface area contributed by atoms with Gasteiger partial charge >= 0.3 is 12.1 Å². The van der Waals surface area contributed by atoms with Gasteiger partial charge in [0, 0.05) is 17.5 Å². The van der Waals surface area contributed by atoms with E-state index in [2.05, 4.69) is 4.90 Å². The van der Waals surface area contributed by atoms with Crippen LogP contribution in [0.15, 0.2) is 42.5 Å². The minimum atomic E-state index is -4.38. The van der Waals surface area contributed by atoms with Crippen molar-refractivity contribution < 1.29 is 32.5 Å². The summed E-state index contributed by atoms with van der Waals surface area (Å²) in [6, 6.07) is 10.7. The summed E-state index contributed by atoms with van der Waals surface area (Å²) in [5.41, 5.74) is 0.689. The SMILES string of the molecule is O=C(O)CCN1CCC2(CC1)COc1ccc(OCc3cccc(C(F)(F)F)c3)cc12. The molecule has 0 unspecified atom stereocenters. The molecule has 0 saturated carbocycles. The van der Waals surface area contributed by atoms with Crippen molar-refractivity contribution in [2.24, 2.45) is 0 Å². The quantitative estimate of drug-likeness (QED) is 0.725. The number of hydrogen-bond donors (Lipinski definition) is 1. The van der Waals surface area contributed by atoms with Gasteiger partial charge in [-0.25, -0.2) is 0 Å². The molecule has 4 rings (SSSR count). The van der Waals surface area contributed by atoms with Gasteiger partial charge in [0.1, 0.15) is 18.1 Å². The summed E-state index contributed by atoms with van der Waals surface area (Å²) in [6.07, 6.45) is -2.53. The van der Waals surface area contributed by atoms with Crippen molar-refractivity contribution in [1.82, 2.24) is 4.90 Å². The Balaban J connectivity index is 1.43. The summed E-state index contributed by atoms with van der Waals surface area (Å²) in [5.74, 6) is 0.608. The van der Waals surface area contributed by atoms with Crippen molar-refractivity contribution in [3.05, 3.63) is 59.2 Å². The van der Waals surface area contributed by atoms with Crippen molar-refractivity contribution in [2.45, 2.75) is 37.5 Å². The number of piperidine rings is 1. The van der Waals surface area contributed by atoms with Crippen LogP contribution in [0.1, 0.15) is 36.0 Å². The fraction of sp³-hybridized carbons (Fsp3) is 0.435. The summed E-state index contributed by atoms with van der Waals surface area (Å²) in [6.45, 7) is 2.75. The van der Waals surface area contributed by atoms with E-state index in [1.165, 1.54) is 6.07 Å². The second-order valence-corrected chi connectivity index (χ2v) is 8.20. The Bertz CT molecular complexity index is 952. The number of fused-ring (bicyclic) bond motifs is 2. The number of carboxylic acid groups (broad SMARTS) is 1. The molecular formula is C23H24F3NO4. The Morgan fingerprint density at radius 1 is 1.16 bits per heavy atom. The van der Waals surface area contributed by atoms with Gasteiger partial charge in [-0.1, -0.05) is 12.1 Å². The lowest BCUT2D eigenvalue weighted by Crippen LogP contribution is -2.44. The third kappa shape index (κ3) is 4.79. The van der Waals surface area contributed by atoms with Gasteiger partial charge in [-0.15, -0.1) is 0 Å². The van der Waals surface area contributed by atoms with Crippen molar-refractivity contribution in [3.8, 4) is 11.5 Å². The van der Waals surface area contributed by atoms with Gasteiger partial charge in [0.2, 0.25) is 0 Å². The number of carboxylic acids is 1. The molecule has 5 nitrogen and oxygen atoms in total. The van der Waals surface area contributed by atoms with E-state index in [9.17, 15) is 18.0 Å². The highest BCUT2D eigenvalue weighted by atomic mass is 19.4. The maximum Gasteiger partial charge on any atom is 0.416 e. The first-order chi connectivity index (χ1) is 14.7. The van der Waals surface area contributed by atoms with Crippen LogP contribution in [-0.2, 0) is 23.0 Å². The second kappa shape index (κ2) is 8.42. The molecule has 0 bridgehead atoms. The van der Waals surface area contributed by atoms with E-state index in [0.717, 1.165) is 49.4 Å². The largest absolute Gasteiger partial charge is 0.492 e. The molecule has 2 aliphatic rings. The number of nitrogens with zero attached hydrogens (tertiary/aromatic N) is 1. The molecule has 1 spiro atoms. The Labute approximate surface area is 178 Å². The molecule has 31 heavy (non-hydrogen) atoms. The number of benzene rings is 2. The van der Waals surface area contributed by atoms with Crippen LogP contribution in [0.3, 0.4) is 0 Å². The molecule has 2 aliphatic heterocycles. The predicted molar refractivity (Wildman–Crippen MR) is 107 cm³/mol. The Morgan fingerprint density at radius 3 is 2.65 bits per heavy atom. The first-order valence-electron chi connectivity index (χ1n) is 10.3. The highest BCUT2D eigenvalue weighted by molar-refractivity contribution is 5.66. The maximum absolute atomic E-state index is 12.9. The van der Waals surface area contributed by atoms with Crippen LogP contribution in [0.4, 0.5) is 13.2 Å². The number of aliphatic carboxylic acids is 1. The third-order valence-electron chi connectivity index (χ3n) is 6.14. The molecule has 0 atom stereocenters. The number of halogens is 3. The first-order valence-corrected chi connectivity index (χ1v) is 10.3. The van der Waals surface area contributed by atoms with Gasteiger partial charge in [0.05, 0.1) is 18.6 Å². The van der Waals surface area contributed by atoms with E-state index in [4.69, 9.17) is 14.6 Å².